The van der Waals surface area contributed by atoms with E-state index in [-0.39, 0.29) is 11.6 Å². The lowest BCUT2D eigenvalue weighted by atomic mass is 9.95. The predicted octanol–water partition coefficient (Wildman–Crippen LogP) is 5.77. The Morgan fingerprint density at radius 2 is 2.00 bits per heavy atom. The van der Waals surface area contributed by atoms with E-state index >= 15 is 0 Å². The van der Waals surface area contributed by atoms with E-state index < -0.39 is 0 Å². The van der Waals surface area contributed by atoms with Crippen LogP contribution in [0.5, 0.6) is 0 Å². The molecule has 36 heavy (non-hydrogen) atoms. The first-order valence-corrected chi connectivity index (χ1v) is 13.2. The van der Waals surface area contributed by atoms with Crippen molar-refractivity contribution in [1.82, 2.24) is 30.1 Å². The second-order valence-corrected chi connectivity index (χ2v) is 10.2. The summed E-state index contributed by atoms with van der Waals surface area (Å²) in [4.78, 5) is 18.6. The Labute approximate surface area is 211 Å². The number of H-pyrrole nitrogens is 1. The van der Waals surface area contributed by atoms with Gasteiger partial charge in [-0.1, -0.05) is 38.7 Å². The molecule has 4 aromatic rings. The zero-order valence-electron chi connectivity index (χ0n) is 21.5. The van der Waals surface area contributed by atoms with Crippen molar-refractivity contribution in [3.8, 4) is 0 Å². The molecule has 0 aliphatic heterocycles. The predicted molar refractivity (Wildman–Crippen MR) is 140 cm³/mol. The van der Waals surface area contributed by atoms with Gasteiger partial charge in [0.15, 0.2) is 5.82 Å². The van der Waals surface area contributed by atoms with Crippen molar-refractivity contribution in [3.05, 3.63) is 75.2 Å². The molecular weight excluding hydrogens is 452 g/mol. The number of aryl methyl sites for hydroxylation is 2. The van der Waals surface area contributed by atoms with Crippen LogP contribution in [0.15, 0.2) is 45.8 Å². The number of fused-ring (bicyclic) bond motifs is 1. The van der Waals surface area contributed by atoms with Crippen molar-refractivity contribution >= 4 is 10.9 Å². The molecule has 1 atom stereocenters. The van der Waals surface area contributed by atoms with E-state index in [1.165, 1.54) is 19.3 Å². The van der Waals surface area contributed by atoms with E-state index in [2.05, 4.69) is 56.9 Å². The van der Waals surface area contributed by atoms with E-state index in [9.17, 15) is 4.79 Å². The lowest BCUT2D eigenvalue weighted by molar-refractivity contribution is 0.139. The number of nitrogens with one attached hydrogen (secondary N) is 1. The molecule has 0 saturated heterocycles. The van der Waals surface area contributed by atoms with Gasteiger partial charge in [-0.3, -0.25) is 9.69 Å². The highest BCUT2D eigenvalue weighted by Crippen LogP contribution is 2.33. The number of hydrogen-bond acceptors (Lipinski definition) is 6. The summed E-state index contributed by atoms with van der Waals surface area (Å²) in [5.41, 5.74) is 3.86. The number of hydrogen-bond donors (Lipinski definition) is 1. The molecule has 3 aromatic heterocycles. The maximum atomic E-state index is 13.2. The summed E-state index contributed by atoms with van der Waals surface area (Å²) >= 11 is 0. The van der Waals surface area contributed by atoms with Crippen molar-refractivity contribution in [2.45, 2.75) is 90.9 Å². The first-order valence-electron chi connectivity index (χ1n) is 13.2. The van der Waals surface area contributed by atoms with Gasteiger partial charge in [0.1, 0.15) is 5.76 Å². The van der Waals surface area contributed by atoms with E-state index in [4.69, 9.17) is 4.42 Å². The van der Waals surface area contributed by atoms with Gasteiger partial charge in [0.05, 0.1) is 24.9 Å². The summed E-state index contributed by atoms with van der Waals surface area (Å²) < 4.78 is 7.80. The smallest absolute Gasteiger partial charge is 0.252 e. The Morgan fingerprint density at radius 1 is 1.17 bits per heavy atom. The number of pyridine rings is 1. The number of nitrogens with zero attached hydrogens (tertiary/aromatic N) is 5. The van der Waals surface area contributed by atoms with Crippen LogP contribution in [-0.4, -0.2) is 30.1 Å². The molecule has 5 rings (SSSR count). The van der Waals surface area contributed by atoms with E-state index in [0.29, 0.717) is 19.1 Å². The number of benzene rings is 1. The Balaban J connectivity index is 1.54. The minimum Gasteiger partial charge on any atom is -0.468 e. The highest BCUT2D eigenvalue weighted by Gasteiger charge is 2.30. The summed E-state index contributed by atoms with van der Waals surface area (Å²) in [6.45, 7) is 7.37. The molecule has 1 aromatic carbocycles. The van der Waals surface area contributed by atoms with Gasteiger partial charge in [-0.15, -0.1) is 5.10 Å². The van der Waals surface area contributed by atoms with Crippen LogP contribution >= 0.6 is 0 Å². The minimum absolute atomic E-state index is 0.0359. The number of tetrazole rings is 1. The van der Waals surface area contributed by atoms with Crippen LogP contribution in [-0.2, 0) is 13.1 Å². The molecular formula is C28H36N6O2. The Kier molecular flexibility index (Phi) is 7.32. The van der Waals surface area contributed by atoms with Crippen LogP contribution in [0, 0.1) is 13.8 Å². The molecule has 1 fully saturated rings. The third kappa shape index (κ3) is 5.14. The SMILES string of the molecule is CCC[C@@H](c1nnnn1C1CCCCC1)N(Cc1ccco1)Cc1cc2c(C)cc(C)cc2[nH]c1=O. The van der Waals surface area contributed by atoms with Gasteiger partial charge in [-0.25, -0.2) is 4.68 Å². The van der Waals surface area contributed by atoms with Crippen LogP contribution in [0.4, 0.5) is 0 Å². The van der Waals surface area contributed by atoms with Gasteiger partial charge in [0.25, 0.3) is 5.56 Å². The minimum atomic E-state index is -0.0564. The summed E-state index contributed by atoms with van der Waals surface area (Å²) in [7, 11) is 0. The fraction of sp³-hybridized carbons (Fsp3) is 0.500. The van der Waals surface area contributed by atoms with Crippen molar-refractivity contribution < 1.29 is 4.42 Å². The molecule has 3 heterocycles. The molecule has 0 unspecified atom stereocenters. The van der Waals surface area contributed by atoms with Crippen LogP contribution in [0.3, 0.4) is 0 Å². The normalized spacial score (nSPS) is 15.7. The fourth-order valence-electron chi connectivity index (χ4n) is 5.69. The average Bonchev–Trinajstić information content (AvgIpc) is 3.56. The van der Waals surface area contributed by atoms with Crippen LogP contribution in [0.25, 0.3) is 10.9 Å². The van der Waals surface area contributed by atoms with Crippen molar-refractivity contribution in [3.63, 3.8) is 0 Å². The highest BCUT2D eigenvalue weighted by atomic mass is 16.3. The Bertz CT molecular complexity index is 1350. The highest BCUT2D eigenvalue weighted by molar-refractivity contribution is 5.83. The molecule has 1 N–H and O–H groups in total. The van der Waals surface area contributed by atoms with E-state index in [0.717, 1.165) is 64.9 Å². The van der Waals surface area contributed by atoms with E-state index in [1.54, 1.807) is 6.26 Å². The van der Waals surface area contributed by atoms with Crippen molar-refractivity contribution in [2.24, 2.45) is 0 Å². The quantitative estimate of drug-likeness (QED) is 0.321. The van der Waals surface area contributed by atoms with Gasteiger partial charge in [0.2, 0.25) is 0 Å². The number of aromatic nitrogens is 5. The largest absolute Gasteiger partial charge is 0.468 e. The molecule has 0 bridgehead atoms. The zero-order chi connectivity index (χ0) is 25.1. The molecule has 1 saturated carbocycles. The average molecular weight is 489 g/mol. The lowest BCUT2D eigenvalue weighted by Crippen LogP contribution is -2.33. The maximum absolute atomic E-state index is 13.2. The van der Waals surface area contributed by atoms with Crippen LogP contribution in [0.2, 0.25) is 0 Å². The first-order chi connectivity index (χ1) is 17.5. The number of aromatic amines is 1. The number of rotatable bonds is 9. The molecule has 1 aliphatic rings. The molecule has 190 valence electrons. The van der Waals surface area contributed by atoms with Gasteiger partial charge >= 0.3 is 0 Å². The summed E-state index contributed by atoms with van der Waals surface area (Å²) in [5.74, 6) is 1.75. The molecule has 1 aliphatic carbocycles. The molecule has 8 nitrogen and oxygen atoms in total. The van der Waals surface area contributed by atoms with Gasteiger partial charge in [-0.05, 0) is 78.9 Å². The fourth-order valence-corrected chi connectivity index (χ4v) is 5.69. The van der Waals surface area contributed by atoms with Gasteiger partial charge in [-0.2, -0.15) is 0 Å². The summed E-state index contributed by atoms with van der Waals surface area (Å²) in [6.07, 6.45) is 9.48. The second-order valence-electron chi connectivity index (χ2n) is 10.2. The first kappa shape index (κ1) is 24.4. The zero-order valence-corrected chi connectivity index (χ0v) is 21.5. The molecule has 0 spiro atoms. The molecule has 0 radical (unpaired) electrons. The summed E-state index contributed by atoms with van der Waals surface area (Å²) in [6, 6.07) is 10.4. The Hall–Kier alpha value is -3.26. The van der Waals surface area contributed by atoms with E-state index in [1.807, 2.05) is 24.3 Å². The standard InChI is InChI=1S/C28H36N6O2/c1-4-9-26(27-30-31-32-34(27)22-10-6-5-7-11-22)33(18-23-12-8-13-36-23)17-21-16-24-20(3)14-19(2)15-25(24)29-28(21)35/h8,12-16,22,26H,4-7,9-11,17-18H2,1-3H3,(H,29,35)/t26-/m0/s1. The third-order valence-corrected chi connectivity index (χ3v) is 7.44. The maximum Gasteiger partial charge on any atom is 0.252 e. The van der Waals surface area contributed by atoms with Gasteiger partial charge in [0, 0.05) is 23.0 Å². The lowest BCUT2D eigenvalue weighted by Gasteiger charge is -2.32. The van der Waals surface area contributed by atoms with Crippen molar-refractivity contribution in [1.29, 1.82) is 0 Å². The topological polar surface area (TPSA) is 92.8 Å². The van der Waals surface area contributed by atoms with Gasteiger partial charge < -0.3 is 9.40 Å². The number of furan rings is 1. The van der Waals surface area contributed by atoms with Crippen LogP contribution < -0.4 is 5.56 Å². The third-order valence-electron chi connectivity index (χ3n) is 7.44. The Morgan fingerprint density at radius 3 is 2.75 bits per heavy atom. The van der Waals surface area contributed by atoms with Crippen molar-refractivity contribution in [2.75, 3.05) is 0 Å². The molecule has 8 heteroatoms. The van der Waals surface area contributed by atoms with Crippen LogP contribution in [0.1, 0.15) is 92.2 Å². The second kappa shape index (κ2) is 10.8. The monoisotopic (exact) mass is 488 g/mol. The molecule has 0 amide bonds. The summed E-state index contributed by atoms with van der Waals surface area (Å²) in [5, 5.41) is 14.2.